The fourth-order valence-electron chi connectivity index (χ4n) is 2.20. The van der Waals surface area contributed by atoms with Crippen LogP contribution in [0.25, 0.3) is 11.4 Å². The van der Waals surface area contributed by atoms with Gasteiger partial charge in [0.25, 0.3) is 0 Å². The highest BCUT2D eigenvalue weighted by Gasteiger charge is 2.13. The Kier molecular flexibility index (Phi) is 4.84. The number of hydrogen-bond donors (Lipinski definition) is 3. The van der Waals surface area contributed by atoms with Crippen LogP contribution in [0.4, 0.5) is 16.3 Å². The first-order valence-electron chi connectivity index (χ1n) is 7.65. The highest BCUT2D eigenvalue weighted by Crippen LogP contribution is 2.23. The van der Waals surface area contributed by atoms with Crippen LogP contribution in [0.15, 0.2) is 36.9 Å². The van der Waals surface area contributed by atoms with Crippen LogP contribution < -0.4 is 15.4 Å². The smallest absolute Gasteiger partial charge is 0.324 e. The lowest BCUT2D eigenvalue weighted by molar-refractivity contribution is 0.262. The SMILES string of the molecule is CCOc1ccc(NC(=O)Nc2cn[nH]c2-c2cnccn2)nc1C. The number of rotatable bonds is 5. The van der Waals surface area contributed by atoms with Crippen molar-refractivity contribution >= 4 is 17.5 Å². The van der Waals surface area contributed by atoms with E-state index in [1.165, 1.54) is 6.20 Å². The number of H-pyrrole nitrogens is 1. The van der Waals surface area contributed by atoms with Crippen molar-refractivity contribution in [2.24, 2.45) is 0 Å². The highest BCUT2D eigenvalue weighted by molar-refractivity contribution is 6.01. The monoisotopic (exact) mass is 339 g/mol. The number of hydrogen-bond acceptors (Lipinski definition) is 6. The van der Waals surface area contributed by atoms with E-state index in [1.807, 2.05) is 13.8 Å². The zero-order valence-corrected chi connectivity index (χ0v) is 13.8. The number of aromatic amines is 1. The van der Waals surface area contributed by atoms with Gasteiger partial charge >= 0.3 is 6.03 Å². The van der Waals surface area contributed by atoms with Crippen molar-refractivity contribution in [3.05, 3.63) is 42.6 Å². The van der Waals surface area contributed by atoms with E-state index in [4.69, 9.17) is 4.74 Å². The maximum atomic E-state index is 12.2. The molecule has 0 aliphatic carbocycles. The number of urea groups is 1. The Bertz CT molecular complexity index is 864. The third kappa shape index (κ3) is 3.89. The summed E-state index contributed by atoms with van der Waals surface area (Å²) in [6, 6.07) is 3.00. The van der Waals surface area contributed by atoms with Crippen LogP contribution in [0, 0.1) is 6.92 Å². The van der Waals surface area contributed by atoms with E-state index in [9.17, 15) is 4.79 Å². The molecule has 0 saturated carbocycles. The fraction of sp³-hybridized carbons (Fsp3) is 0.188. The zero-order valence-electron chi connectivity index (χ0n) is 13.8. The van der Waals surface area contributed by atoms with Gasteiger partial charge in [0.15, 0.2) is 0 Å². The molecule has 9 nitrogen and oxygen atoms in total. The second-order valence-corrected chi connectivity index (χ2v) is 5.04. The largest absolute Gasteiger partial charge is 0.492 e. The molecule has 0 aliphatic rings. The summed E-state index contributed by atoms with van der Waals surface area (Å²) >= 11 is 0. The number of carbonyl (C=O) groups excluding carboxylic acids is 1. The molecule has 0 unspecified atom stereocenters. The standard InChI is InChI=1S/C16H17N7O2/c1-3-25-13-4-5-14(20-10(13)2)22-16(24)21-12-9-19-23-15(12)11-8-17-6-7-18-11/h4-9H,3H2,1-2H3,(H,19,23)(H2,20,21,22,24). The molecule has 0 saturated heterocycles. The van der Waals surface area contributed by atoms with Gasteiger partial charge in [0.05, 0.1) is 30.4 Å². The molecule has 2 amide bonds. The van der Waals surface area contributed by atoms with Gasteiger partial charge in [-0.2, -0.15) is 5.10 Å². The van der Waals surface area contributed by atoms with Crippen molar-refractivity contribution in [1.29, 1.82) is 0 Å². The molecule has 0 radical (unpaired) electrons. The summed E-state index contributed by atoms with van der Waals surface area (Å²) in [6.45, 7) is 4.27. The molecule has 25 heavy (non-hydrogen) atoms. The lowest BCUT2D eigenvalue weighted by Gasteiger charge is -2.10. The summed E-state index contributed by atoms with van der Waals surface area (Å²) in [7, 11) is 0. The molecule has 128 valence electrons. The Morgan fingerprint density at radius 3 is 2.84 bits per heavy atom. The normalized spacial score (nSPS) is 10.3. The minimum atomic E-state index is -0.442. The van der Waals surface area contributed by atoms with Gasteiger partial charge in [-0.25, -0.2) is 9.78 Å². The maximum Gasteiger partial charge on any atom is 0.324 e. The summed E-state index contributed by atoms with van der Waals surface area (Å²) in [4.78, 5) is 24.7. The van der Waals surface area contributed by atoms with Crippen LogP contribution >= 0.6 is 0 Å². The molecular weight excluding hydrogens is 322 g/mol. The number of nitrogens with zero attached hydrogens (tertiary/aromatic N) is 4. The number of carbonyl (C=O) groups is 1. The van der Waals surface area contributed by atoms with Crippen LogP contribution in [0.2, 0.25) is 0 Å². The highest BCUT2D eigenvalue weighted by atomic mass is 16.5. The average Bonchev–Trinajstić information content (AvgIpc) is 3.06. The van der Waals surface area contributed by atoms with Crippen molar-refractivity contribution in [3.8, 4) is 17.1 Å². The van der Waals surface area contributed by atoms with Crippen LogP contribution in [-0.4, -0.2) is 37.8 Å². The molecule has 3 aromatic heterocycles. The number of anilines is 2. The first-order chi connectivity index (χ1) is 12.2. The van der Waals surface area contributed by atoms with Crippen molar-refractivity contribution in [2.75, 3.05) is 17.2 Å². The molecule has 0 spiro atoms. The predicted molar refractivity (Wildman–Crippen MR) is 92.4 cm³/mol. The zero-order chi connectivity index (χ0) is 17.6. The molecule has 3 N–H and O–H groups in total. The topological polar surface area (TPSA) is 118 Å². The molecule has 3 heterocycles. The third-order valence-electron chi connectivity index (χ3n) is 3.29. The predicted octanol–water partition coefficient (Wildman–Crippen LogP) is 2.61. The first kappa shape index (κ1) is 16.4. The summed E-state index contributed by atoms with van der Waals surface area (Å²) < 4.78 is 5.43. The van der Waals surface area contributed by atoms with E-state index in [-0.39, 0.29) is 0 Å². The van der Waals surface area contributed by atoms with E-state index < -0.39 is 6.03 Å². The molecule has 0 atom stereocenters. The van der Waals surface area contributed by atoms with Gasteiger partial charge in [-0.15, -0.1) is 0 Å². The molecule has 0 aliphatic heterocycles. The van der Waals surface area contributed by atoms with Crippen LogP contribution in [0.3, 0.4) is 0 Å². The summed E-state index contributed by atoms with van der Waals surface area (Å²) in [6.07, 6.45) is 6.21. The molecule has 0 aromatic carbocycles. The molecular formula is C16H17N7O2. The van der Waals surface area contributed by atoms with Crippen LogP contribution in [-0.2, 0) is 0 Å². The fourth-order valence-corrected chi connectivity index (χ4v) is 2.20. The lowest BCUT2D eigenvalue weighted by Crippen LogP contribution is -2.20. The molecule has 0 bridgehead atoms. The minimum Gasteiger partial charge on any atom is -0.492 e. The third-order valence-corrected chi connectivity index (χ3v) is 3.29. The Labute approximate surface area is 143 Å². The number of pyridine rings is 1. The first-order valence-corrected chi connectivity index (χ1v) is 7.65. The van der Waals surface area contributed by atoms with Gasteiger partial charge in [-0.1, -0.05) is 0 Å². The Balaban J connectivity index is 1.70. The lowest BCUT2D eigenvalue weighted by atomic mass is 10.3. The molecule has 3 rings (SSSR count). The number of amides is 2. The summed E-state index contributed by atoms with van der Waals surface area (Å²) in [5, 5.41) is 12.1. The Morgan fingerprint density at radius 2 is 2.12 bits per heavy atom. The van der Waals surface area contributed by atoms with Gasteiger partial charge in [0, 0.05) is 12.4 Å². The quantitative estimate of drug-likeness (QED) is 0.657. The second kappa shape index (κ2) is 7.39. The summed E-state index contributed by atoms with van der Waals surface area (Å²) in [5.74, 6) is 1.11. The van der Waals surface area contributed by atoms with Gasteiger partial charge in [0.2, 0.25) is 0 Å². The van der Waals surface area contributed by atoms with Crippen molar-refractivity contribution in [3.63, 3.8) is 0 Å². The van der Waals surface area contributed by atoms with Crippen LogP contribution in [0.1, 0.15) is 12.6 Å². The van der Waals surface area contributed by atoms with E-state index >= 15 is 0 Å². The Morgan fingerprint density at radius 1 is 1.24 bits per heavy atom. The van der Waals surface area contributed by atoms with E-state index in [0.29, 0.717) is 40.9 Å². The van der Waals surface area contributed by atoms with Gasteiger partial charge < -0.3 is 10.1 Å². The van der Waals surface area contributed by atoms with E-state index in [0.717, 1.165) is 0 Å². The number of nitrogens with one attached hydrogen (secondary N) is 3. The summed E-state index contributed by atoms with van der Waals surface area (Å²) in [5.41, 5.74) is 2.33. The second-order valence-electron chi connectivity index (χ2n) is 5.04. The number of aryl methyl sites for hydroxylation is 1. The van der Waals surface area contributed by atoms with E-state index in [1.54, 1.807) is 30.7 Å². The van der Waals surface area contributed by atoms with Crippen LogP contribution in [0.5, 0.6) is 5.75 Å². The van der Waals surface area contributed by atoms with E-state index in [2.05, 4.69) is 35.8 Å². The maximum absolute atomic E-state index is 12.2. The van der Waals surface area contributed by atoms with Gasteiger partial charge in [-0.3, -0.25) is 20.4 Å². The number of aromatic nitrogens is 5. The molecule has 3 aromatic rings. The van der Waals surface area contributed by atoms with Crippen molar-refractivity contribution in [1.82, 2.24) is 25.1 Å². The molecule has 0 fully saturated rings. The molecule has 9 heteroatoms. The average molecular weight is 339 g/mol. The van der Waals surface area contributed by atoms with Gasteiger partial charge in [-0.05, 0) is 26.0 Å². The van der Waals surface area contributed by atoms with Gasteiger partial charge in [0.1, 0.15) is 23.0 Å². The number of ether oxygens (including phenoxy) is 1. The minimum absolute atomic E-state index is 0.419. The van der Waals surface area contributed by atoms with Crippen molar-refractivity contribution in [2.45, 2.75) is 13.8 Å². The van der Waals surface area contributed by atoms with Crippen molar-refractivity contribution < 1.29 is 9.53 Å². The Hall–Kier alpha value is -3.49.